The summed E-state index contributed by atoms with van der Waals surface area (Å²) in [5, 5.41) is 10.5. The molecule has 0 bridgehead atoms. The van der Waals surface area contributed by atoms with Crippen molar-refractivity contribution in [1.82, 2.24) is 4.98 Å². The van der Waals surface area contributed by atoms with Crippen LogP contribution < -0.4 is 10.6 Å². The zero-order valence-corrected chi connectivity index (χ0v) is 12.3. The van der Waals surface area contributed by atoms with Gasteiger partial charge in [0.25, 0.3) is 0 Å². The van der Waals surface area contributed by atoms with E-state index < -0.39 is 0 Å². The van der Waals surface area contributed by atoms with Gasteiger partial charge in [-0.15, -0.1) is 0 Å². The van der Waals surface area contributed by atoms with Crippen LogP contribution in [0.2, 0.25) is 0 Å². The summed E-state index contributed by atoms with van der Waals surface area (Å²) >= 11 is 0. The van der Waals surface area contributed by atoms with Crippen molar-refractivity contribution in [2.45, 2.75) is 13.3 Å². The van der Waals surface area contributed by atoms with Crippen LogP contribution in [0, 0.1) is 23.2 Å². The summed E-state index contributed by atoms with van der Waals surface area (Å²) < 4.78 is 0. The van der Waals surface area contributed by atoms with Crippen molar-refractivity contribution in [2.24, 2.45) is 17.6 Å². The lowest BCUT2D eigenvalue weighted by Crippen LogP contribution is -2.43. The molecule has 108 valence electrons. The number of hydrogen-bond donors (Lipinski definition) is 1. The number of nitrogens with zero attached hydrogens (tertiary/aromatic N) is 3. The van der Waals surface area contributed by atoms with Gasteiger partial charge in [-0.05, 0) is 30.9 Å². The predicted molar refractivity (Wildman–Crippen MR) is 85.0 cm³/mol. The fourth-order valence-corrected chi connectivity index (χ4v) is 3.21. The highest BCUT2D eigenvalue weighted by Crippen LogP contribution is 2.33. The maximum atomic E-state index is 9.44. The zero-order chi connectivity index (χ0) is 14.8. The quantitative estimate of drug-likeness (QED) is 0.918. The van der Waals surface area contributed by atoms with E-state index in [0.717, 1.165) is 36.1 Å². The highest BCUT2D eigenvalue weighted by molar-refractivity contribution is 5.94. The average Bonchev–Trinajstić information content (AvgIpc) is 2.54. The second-order valence-corrected chi connectivity index (χ2v) is 5.86. The van der Waals surface area contributed by atoms with Crippen molar-refractivity contribution in [1.29, 1.82) is 5.26 Å². The van der Waals surface area contributed by atoms with Crippen molar-refractivity contribution in [2.75, 3.05) is 24.5 Å². The van der Waals surface area contributed by atoms with E-state index >= 15 is 0 Å². The smallest absolute Gasteiger partial charge is 0.103 e. The summed E-state index contributed by atoms with van der Waals surface area (Å²) in [6.45, 7) is 4.86. The minimum Gasteiger partial charge on any atom is -0.370 e. The molecule has 3 rings (SSSR count). The summed E-state index contributed by atoms with van der Waals surface area (Å²) in [5.74, 6) is 1.13. The maximum Gasteiger partial charge on any atom is 0.103 e. The molecule has 2 atom stereocenters. The number of nitrogens with two attached hydrogens (primary N) is 1. The molecule has 0 aliphatic carbocycles. The molecule has 1 saturated heterocycles. The van der Waals surface area contributed by atoms with Crippen LogP contribution in [-0.2, 0) is 0 Å². The summed E-state index contributed by atoms with van der Waals surface area (Å²) in [7, 11) is 0. The van der Waals surface area contributed by atoms with Crippen LogP contribution >= 0.6 is 0 Å². The van der Waals surface area contributed by atoms with Gasteiger partial charge in [-0.2, -0.15) is 5.26 Å². The van der Waals surface area contributed by atoms with Gasteiger partial charge in [0.2, 0.25) is 0 Å². The zero-order valence-electron chi connectivity index (χ0n) is 12.3. The molecule has 0 radical (unpaired) electrons. The highest BCUT2D eigenvalue weighted by atomic mass is 15.1. The lowest BCUT2D eigenvalue weighted by atomic mass is 9.86. The molecule has 4 nitrogen and oxygen atoms in total. The third kappa shape index (κ3) is 2.45. The van der Waals surface area contributed by atoms with Gasteiger partial charge < -0.3 is 10.6 Å². The van der Waals surface area contributed by atoms with Crippen LogP contribution in [-0.4, -0.2) is 24.6 Å². The molecule has 1 aromatic heterocycles. The van der Waals surface area contributed by atoms with Gasteiger partial charge in [0.1, 0.15) is 6.07 Å². The molecule has 21 heavy (non-hydrogen) atoms. The monoisotopic (exact) mass is 280 g/mol. The lowest BCUT2D eigenvalue weighted by Gasteiger charge is -2.38. The Morgan fingerprint density at radius 2 is 2.24 bits per heavy atom. The minimum atomic E-state index is 0.484. The second kappa shape index (κ2) is 5.71. The average molecular weight is 280 g/mol. The van der Waals surface area contributed by atoms with Gasteiger partial charge in [0, 0.05) is 24.7 Å². The van der Waals surface area contributed by atoms with Crippen molar-refractivity contribution in [3.05, 3.63) is 36.0 Å². The van der Waals surface area contributed by atoms with Crippen molar-refractivity contribution in [3.63, 3.8) is 0 Å². The Morgan fingerprint density at radius 1 is 1.43 bits per heavy atom. The number of anilines is 1. The molecule has 1 fully saturated rings. The van der Waals surface area contributed by atoms with Crippen LogP contribution in [0.1, 0.15) is 18.9 Å². The van der Waals surface area contributed by atoms with Crippen molar-refractivity contribution < 1.29 is 0 Å². The number of pyridine rings is 1. The van der Waals surface area contributed by atoms with E-state index in [2.05, 4.69) is 22.9 Å². The van der Waals surface area contributed by atoms with E-state index in [-0.39, 0.29) is 0 Å². The number of nitriles is 1. The molecule has 2 unspecified atom stereocenters. The Bertz CT molecular complexity index is 689. The van der Waals surface area contributed by atoms with Crippen LogP contribution in [0.3, 0.4) is 0 Å². The molecule has 1 aliphatic rings. The molecule has 0 saturated carbocycles. The van der Waals surface area contributed by atoms with Crippen molar-refractivity contribution in [3.8, 4) is 6.07 Å². The van der Waals surface area contributed by atoms with Gasteiger partial charge >= 0.3 is 0 Å². The molecular weight excluding hydrogens is 260 g/mol. The molecule has 2 aromatic rings. The molecule has 0 amide bonds. The molecule has 0 spiro atoms. The summed E-state index contributed by atoms with van der Waals surface area (Å²) in [5.41, 5.74) is 8.53. The van der Waals surface area contributed by atoms with Crippen molar-refractivity contribution >= 4 is 16.6 Å². The maximum absolute atomic E-state index is 9.44. The second-order valence-electron chi connectivity index (χ2n) is 5.86. The number of benzene rings is 1. The van der Waals surface area contributed by atoms with E-state index in [4.69, 9.17) is 5.73 Å². The first-order chi connectivity index (χ1) is 10.2. The normalized spacial score (nSPS) is 22.2. The standard InChI is InChI=1S/C17H20N4/c1-12-6-7-21(11-14(12)9-19)17-13(8-18)10-20-16-5-3-2-4-15(16)17/h2-5,10,12,14H,6-7,9,11,19H2,1H3. The first-order valence-corrected chi connectivity index (χ1v) is 7.47. The topological polar surface area (TPSA) is 65.9 Å². The molecule has 1 aromatic carbocycles. The first kappa shape index (κ1) is 13.8. The van der Waals surface area contributed by atoms with Crippen LogP contribution in [0.4, 0.5) is 5.69 Å². The van der Waals surface area contributed by atoms with Crippen LogP contribution in [0.25, 0.3) is 10.9 Å². The van der Waals surface area contributed by atoms with Gasteiger partial charge in [0.05, 0.1) is 16.8 Å². The van der Waals surface area contributed by atoms with E-state index in [9.17, 15) is 5.26 Å². The Kier molecular flexibility index (Phi) is 3.76. The largest absolute Gasteiger partial charge is 0.370 e. The van der Waals surface area contributed by atoms with Gasteiger partial charge in [-0.3, -0.25) is 4.98 Å². The third-order valence-electron chi connectivity index (χ3n) is 4.60. The fourth-order valence-electron chi connectivity index (χ4n) is 3.21. The fraction of sp³-hybridized carbons (Fsp3) is 0.412. The third-order valence-corrected chi connectivity index (χ3v) is 4.60. The molecule has 4 heteroatoms. The number of para-hydroxylation sites is 1. The summed E-state index contributed by atoms with van der Waals surface area (Å²) in [4.78, 5) is 6.71. The number of hydrogen-bond acceptors (Lipinski definition) is 4. The van der Waals surface area contributed by atoms with E-state index in [1.807, 2.05) is 24.3 Å². The van der Waals surface area contributed by atoms with Gasteiger partial charge in [-0.25, -0.2) is 0 Å². The van der Waals surface area contributed by atoms with E-state index in [1.54, 1.807) is 6.20 Å². The minimum absolute atomic E-state index is 0.484. The SMILES string of the molecule is CC1CCN(c2c(C#N)cnc3ccccc23)CC1CN. The summed E-state index contributed by atoms with van der Waals surface area (Å²) in [6.07, 6.45) is 2.80. The summed E-state index contributed by atoms with van der Waals surface area (Å²) in [6, 6.07) is 10.3. The van der Waals surface area contributed by atoms with Gasteiger partial charge in [-0.1, -0.05) is 25.1 Å². The predicted octanol–water partition coefficient (Wildman–Crippen LogP) is 2.53. The molecular formula is C17H20N4. The number of fused-ring (bicyclic) bond motifs is 1. The van der Waals surface area contributed by atoms with E-state index in [1.165, 1.54) is 0 Å². The number of aromatic nitrogens is 1. The molecule has 1 aliphatic heterocycles. The number of piperidine rings is 1. The first-order valence-electron chi connectivity index (χ1n) is 7.47. The lowest BCUT2D eigenvalue weighted by molar-refractivity contribution is 0.308. The van der Waals surface area contributed by atoms with E-state index in [0.29, 0.717) is 23.9 Å². The Hall–Kier alpha value is -2.12. The van der Waals surface area contributed by atoms with Crippen LogP contribution in [0.15, 0.2) is 30.5 Å². The molecule has 2 heterocycles. The molecule has 2 N–H and O–H groups in total. The number of rotatable bonds is 2. The van der Waals surface area contributed by atoms with Gasteiger partial charge in [0.15, 0.2) is 0 Å². The Labute approximate surface area is 125 Å². The van der Waals surface area contributed by atoms with Crippen LogP contribution in [0.5, 0.6) is 0 Å². The Morgan fingerprint density at radius 3 is 3.00 bits per heavy atom. The Balaban J connectivity index is 2.09. The highest BCUT2D eigenvalue weighted by Gasteiger charge is 2.27.